The lowest BCUT2D eigenvalue weighted by Gasteiger charge is -2.37. The zero-order valence-electron chi connectivity index (χ0n) is 11.4. The fourth-order valence-corrected chi connectivity index (χ4v) is 1.16. The molecule has 0 bridgehead atoms. The van der Waals surface area contributed by atoms with Crippen LogP contribution in [0.1, 0.15) is 38.1 Å². The number of carboxylic acids is 1. The van der Waals surface area contributed by atoms with Crippen molar-refractivity contribution in [2.45, 2.75) is 38.9 Å². The van der Waals surface area contributed by atoms with E-state index in [9.17, 15) is 14.3 Å². The number of aromatic carboxylic acids is 1. The molecule has 1 radical (unpaired) electrons. The Hall–Kier alpha value is -1.40. The maximum atomic E-state index is 13.3. The molecule has 6 heteroatoms. The molecule has 0 fully saturated rings. The van der Waals surface area contributed by atoms with Crippen LogP contribution in [0.3, 0.4) is 0 Å². The van der Waals surface area contributed by atoms with Crippen LogP contribution in [0.15, 0.2) is 18.2 Å². The van der Waals surface area contributed by atoms with Crippen LogP contribution in [0.4, 0.5) is 4.39 Å². The molecule has 1 rings (SSSR count). The maximum absolute atomic E-state index is 13.3. The SMILES string of the molecule is CC(C)(O)C(C)(C)O[B]c1cc(F)cc(C(=O)O)c1. The Labute approximate surface area is 112 Å². The molecule has 0 atom stereocenters. The number of carboxylic acid groups (broad SMARTS) is 1. The Bertz CT molecular complexity index is 480. The van der Waals surface area contributed by atoms with Gasteiger partial charge in [-0.1, -0.05) is 6.07 Å². The van der Waals surface area contributed by atoms with Gasteiger partial charge in [-0.25, -0.2) is 9.18 Å². The summed E-state index contributed by atoms with van der Waals surface area (Å²) in [6, 6.07) is 3.39. The third-order valence-electron chi connectivity index (χ3n) is 3.13. The predicted octanol–water partition coefficient (Wildman–Crippen LogP) is 1.33. The first-order valence-corrected chi connectivity index (χ1v) is 5.80. The first-order valence-electron chi connectivity index (χ1n) is 5.80. The van der Waals surface area contributed by atoms with Crippen LogP contribution in [0, 0.1) is 5.82 Å². The summed E-state index contributed by atoms with van der Waals surface area (Å²) in [5.41, 5.74) is -1.87. The highest BCUT2D eigenvalue weighted by Gasteiger charge is 2.35. The van der Waals surface area contributed by atoms with E-state index >= 15 is 0 Å². The van der Waals surface area contributed by atoms with Gasteiger partial charge < -0.3 is 14.9 Å². The molecule has 0 saturated heterocycles. The number of carbonyl (C=O) groups is 1. The van der Waals surface area contributed by atoms with Crippen molar-refractivity contribution in [3.63, 3.8) is 0 Å². The number of halogens is 1. The summed E-state index contributed by atoms with van der Waals surface area (Å²) in [6.45, 7) is 6.55. The molecule has 0 aliphatic carbocycles. The summed E-state index contributed by atoms with van der Waals surface area (Å²) in [4.78, 5) is 10.8. The van der Waals surface area contributed by atoms with Crippen LogP contribution in [0.5, 0.6) is 0 Å². The molecule has 0 saturated carbocycles. The van der Waals surface area contributed by atoms with Crippen LogP contribution in [0.25, 0.3) is 0 Å². The van der Waals surface area contributed by atoms with Crippen LogP contribution in [-0.2, 0) is 4.65 Å². The van der Waals surface area contributed by atoms with E-state index in [1.807, 2.05) is 0 Å². The fraction of sp³-hybridized carbons (Fsp3) is 0.462. The summed E-state index contributed by atoms with van der Waals surface area (Å²) in [5, 5.41) is 18.7. The normalized spacial score (nSPS) is 12.3. The van der Waals surface area contributed by atoms with E-state index in [2.05, 4.69) is 0 Å². The van der Waals surface area contributed by atoms with Crippen LogP contribution >= 0.6 is 0 Å². The topological polar surface area (TPSA) is 66.8 Å². The predicted molar refractivity (Wildman–Crippen MR) is 70.2 cm³/mol. The average molecular weight is 267 g/mol. The standard InChI is InChI=1S/C13H17BFO4/c1-12(2,18)13(3,4)19-14-9-5-8(11(16)17)6-10(15)7-9/h5-7,18H,1-4H3,(H,16,17). The molecule has 0 spiro atoms. The number of hydrogen-bond acceptors (Lipinski definition) is 3. The van der Waals surface area contributed by atoms with Gasteiger partial charge in [0.15, 0.2) is 0 Å². The lowest BCUT2D eigenvalue weighted by atomic mass is 9.82. The molecule has 0 aromatic heterocycles. The van der Waals surface area contributed by atoms with Gasteiger partial charge in [-0.2, -0.15) is 0 Å². The van der Waals surface area contributed by atoms with Crippen molar-refractivity contribution in [3.05, 3.63) is 29.6 Å². The summed E-state index contributed by atoms with van der Waals surface area (Å²) in [7, 11) is 1.24. The second kappa shape index (κ2) is 5.31. The Morgan fingerprint density at radius 3 is 2.32 bits per heavy atom. The Morgan fingerprint density at radius 2 is 1.84 bits per heavy atom. The quantitative estimate of drug-likeness (QED) is 0.790. The first-order chi connectivity index (χ1) is 8.53. The minimum Gasteiger partial charge on any atom is -0.478 e. The Balaban J connectivity index is 2.87. The smallest absolute Gasteiger partial charge is 0.335 e. The van der Waals surface area contributed by atoms with Crippen molar-refractivity contribution in [1.29, 1.82) is 0 Å². The van der Waals surface area contributed by atoms with Crippen molar-refractivity contribution in [3.8, 4) is 0 Å². The van der Waals surface area contributed by atoms with Crippen LogP contribution < -0.4 is 5.46 Å². The van der Waals surface area contributed by atoms with Crippen molar-refractivity contribution in [1.82, 2.24) is 0 Å². The molecule has 1 aromatic rings. The largest absolute Gasteiger partial charge is 0.478 e. The van der Waals surface area contributed by atoms with E-state index in [4.69, 9.17) is 9.76 Å². The van der Waals surface area contributed by atoms with Gasteiger partial charge in [-0.3, -0.25) is 0 Å². The van der Waals surface area contributed by atoms with Crippen molar-refractivity contribution >= 4 is 18.9 Å². The maximum Gasteiger partial charge on any atom is 0.335 e. The van der Waals surface area contributed by atoms with E-state index in [-0.39, 0.29) is 11.0 Å². The molecular formula is C13H17BFO4. The molecule has 1 aromatic carbocycles. The lowest BCUT2D eigenvalue weighted by Crippen LogP contribution is -2.49. The number of benzene rings is 1. The summed E-state index contributed by atoms with van der Waals surface area (Å²) < 4.78 is 18.7. The van der Waals surface area contributed by atoms with Gasteiger partial charge in [0, 0.05) is 0 Å². The monoisotopic (exact) mass is 267 g/mol. The minimum atomic E-state index is -1.21. The van der Waals surface area contributed by atoms with Gasteiger partial charge in [-0.15, -0.1) is 0 Å². The number of rotatable bonds is 5. The van der Waals surface area contributed by atoms with Crippen molar-refractivity contribution in [2.24, 2.45) is 0 Å². The fourth-order valence-electron chi connectivity index (χ4n) is 1.16. The van der Waals surface area contributed by atoms with Crippen molar-refractivity contribution in [2.75, 3.05) is 0 Å². The van der Waals surface area contributed by atoms with Gasteiger partial charge in [0.25, 0.3) is 0 Å². The molecule has 4 nitrogen and oxygen atoms in total. The lowest BCUT2D eigenvalue weighted by molar-refractivity contribution is -0.0893. The summed E-state index contributed by atoms with van der Waals surface area (Å²) in [5.74, 6) is -1.87. The zero-order valence-corrected chi connectivity index (χ0v) is 11.4. The molecule has 0 heterocycles. The van der Waals surface area contributed by atoms with Crippen LogP contribution in [0.2, 0.25) is 0 Å². The zero-order chi connectivity index (χ0) is 14.8. The number of hydrogen-bond donors (Lipinski definition) is 2. The number of aliphatic hydroxyl groups is 1. The summed E-state index contributed by atoms with van der Waals surface area (Å²) >= 11 is 0. The van der Waals surface area contributed by atoms with Gasteiger partial charge in [0.1, 0.15) is 5.82 Å². The van der Waals surface area contributed by atoms with E-state index in [0.29, 0.717) is 0 Å². The molecule has 0 aliphatic rings. The molecule has 0 amide bonds. The molecule has 103 valence electrons. The highest BCUT2D eigenvalue weighted by Crippen LogP contribution is 2.24. The highest BCUT2D eigenvalue weighted by atomic mass is 19.1. The van der Waals surface area contributed by atoms with Gasteiger partial charge >= 0.3 is 13.5 Å². The van der Waals surface area contributed by atoms with E-state index in [0.717, 1.165) is 12.1 Å². The minimum absolute atomic E-state index is 0.157. The molecule has 19 heavy (non-hydrogen) atoms. The average Bonchev–Trinajstić information content (AvgIpc) is 2.24. The van der Waals surface area contributed by atoms with Gasteiger partial charge in [0.05, 0.1) is 16.8 Å². The molecule has 2 N–H and O–H groups in total. The molecule has 0 unspecified atom stereocenters. The summed E-state index contributed by atoms with van der Waals surface area (Å²) in [6.07, 6.45) is 0. The van der Waals surface area contributed by atoms with Crippen LogP contribution in [-0.4, -0.2) is 34.9 Å². The van der Waals surface area contributed by atoms with Gasteiger partial charge in [-0.05, 0) is 45.3 Å². The van der Waals surface area contributed by atoms with Crippen molar-refractivity contribution < 1.29 is 24.1 Å². The third-order valence-corrected chi connectivity index (χ3v) is 3.13. The van der Waals surface area contributed by atoms with Gasteiger partial charge in [0.2, 0.25) is 0 Å². The molecule has 0 aliphatic heterocycles. The van der Waals surface area contributed by atoms with E-state index < -0.39 is 23.0 Å². The Kier molecular flexibility index (Phi) is 4.37. The van der Waals surface area contributed by atoms with E-state index in [1.165, 1.54) is 13.5 Å². The van der Waals surface area contributed by atoms with E-state index in [1.54, 1.807) is 27.7 Å². The first kappa shape index (κ1) is 15.7. The molecular weight excluding hydrogens is 250 g/mol. The second-order valence-electron chi connectivity index (χ2n) is 5.38. The highest BCUT2D eigenvalue weighted by molar-refractivity contribution is 6.47. The third kappa shape index (κ3) is 4.04. The Morgan fingerprint density at radius 1 is 1.26 bits per heavy atom. The second-order valence-corrected chi connectivity index (χ2v) is 5.38.